The van der Waals surface area contributed by atoms with Crippen molar-refractivity contribution in [3.8, 4) is 5.75 Å². The number of phenolic OH excluding ortho intramolecular Hbond substituents is 1. The van der Waals surface area contributed by atoms with Crippen LogP contribution < -0.4 is 9.03 Å². The Morgan fingerprint density at radius 2 is 1.87 bits per heavy atom. The van der Waals surface area contributed by atoms with Crippen LogP contribution in [0.1, 0.15) is 23.1 Å². The summed E-state index contributed by atoms with van der Waals surface area (Å²) in [6.07, 6.45) is 2.07. The largest absolute Gasteiger partial charge is 0.506 e. The fraction of sp³-hybridized carbons (Fsp3) is 0.350. The van der Waals surface area contributed by atoms with Crippen LogP contribution in [0.25, 0.3) is 0 Å². The van der Waals surface area contributed by atoms with Crippen LogP contribution in [0.4, 0.5) is 14.5 Å². The number of fused-ring (bicyclic) bond motifs is 1. The first-order valence-electron chi connectivity index (χ1n) is 9.58. The van der Waals surface area contributed by atoms with Crippen molar-refractivity contribution in [2.24, 2.45) is 0 Å². The molecule has 30 heavy (non-hydrogen) atoms. The lowest BCUT2D eigenvalue weighted by Gasteiger charge is -2.30. The normalized spacial score (nSPS) is 18.3. The standard InChI is InChI=1S/C20H21F2N3O4S/c21-15-5-3-13(4-6-15)2-1-8-24-9-7-14-10-17(26)20(19(22)16(14)11-24)25-12-18(27)23-30(25,28)29/h3-6,10,26H,1-2,7-9,11-12H2,(H,23,27). The molecule has 2 aliphatic rings. The molecule has 1 amide bonds. The van der Waals surface area contributed by atoms with Gasteiger partial charge in [0.2, 0.25) is 0 Å². The van der Waals surface area contributed by atoms with Crippen molar-refractivity contribution in [2.75, 3.05) is 23.9 Å². The average Bonchev–Trinajstić information content (AvgIpc) is 2.96. The summed E-state index contributed by atoms with van der Waals surface area (Å²) in [4.78, 5) is 13.5. The number of aromatic hydroxyl groups is 1. The predicted octanol–water partition coefficient (Wildman–Crippen LogP) is 1.84. The first-order chi connectivity index (χ1) is 14.2. The molecule has 7 nitrogen and oxygen atoms in total. The van der Waals surface area contributed by atoms with Crippen molar-refractivity contribution in [1.29, 1.82) is 0 Å². The molecule has 10 heteroatoms. The molecule has 4 rings (SSSR count). The van der Waals surface area contributed by atoms with Crippen LogP contribution in [0.3, 0.4) is 0 Å². The molecular formula is C20H21F2N3O4S. The van der Waals surface area contributed by atoms with Crippen LogP contribution in [0.5, 0.6) is 5.75 Å². The fourth-order valence-corrected chi connectivity index (χ4v) is 5.09. The van der Waals surface area contributed by atoms with Crippen molar-refractivity contribution >= 4 is 21.8 Å². The van der Waals surface area contributed by atoms with Crippen LogP contribution in [0, 0.1) is 11.6 Å². The van der Waals surface area contributed by atoms with Gasteiger partial charge in [0.15, 0.2) is 5.82 Å². The van der Waals surface area contributed by atoms with E-state index in [2.05, 4.69) is 4.90 Å². The molecule has 0 spiro atoms. The Labute approximate surface area is 173 Å². The predicted molar refractivity (Wildman–Crippen MR) is 106 cm³/mol. The zero-order valence-electron chi connectivity index (χ0n) is 16.1. The highest BCUT2D eigenvalue weighted by Gasteiger charge is 2.38. The van der Waals surface area contributed by atoms with E-state index in [9.17, 15) is 22.7 Å². The van der Waals surface area contributed by atoms with E-state index in [0.717, 1.165) is 18.4 Å². The Hall–Kier alpha value is -2.72. The number of hydrogen-bond acceptors (Lipinski definition) is 5. The molecule has 1 fully saturated rings. The van der Waals surface area contributed by atoms with E-state index in [1.165, 1.54) is 18.2 Å². The van der Waals surface area contributed by atoms with Crippen LogP contribution >= 0.6 is 0 Å². The number of amides is 1. The van der Waals surface area contributed by atoms with Crippen LogP contribution in [0.2, 0.25) is 0 Å². The topological polar surface area (TPSA) is 90.0 Å². The van der Waals surface area contributed by atoms with Gasteiger partial charge in [0, 0.05) is 18.7 Å². The number of nitrogens with one attached hydrogen (secondary N) is 1. The number of aryl methyl sites for hydroxylation is 1. The summed E-state index contributed by atoms with van der Waals surface area (Å²) in [6.45, 7) is 1.06. The lowest BCUT2D eigenvalue weighted by molar-refractivity contribution is -0.117. The lowest BCUT2D eigenvalue weighted by atomic mass is 9.97. The second-order valence-electron chi connectivity index (χ2n) is 7.49. The summed E-state index contributed by atoms with van der Waals surface area (Å²) in [7, 11) is -4.23. The molecule has 0 aromatic heterocycles. The zero-order chi connectivity index (χ0) is 21.5. The van der Waals surface area contributed by atoms with Gasteiger partial charge in [0.05, 0.1) is 0 Å². The van der Waals surface area contributed by atoms with Gasteiger partial charge >= 0.3 is 10.2 Å². The number of benzene rings is 2. The van der Waals surface area contributed by atoms with Crippen molar-refractivity contribution in [2.45, 2.75) is 25.8 Å². The number of carbonyl (C=O) groups is 1. The number of rotatable bonds is 5. The molecule has 0 unspecified atom stereocenters. The highest BCUT2D eigenvalue weighted by Crippen LogP contribution is 2.39. The SMILES string of the molecule is O=C1CN(c2c(O)cc3c(c2F)CN(CCCc2ccc(F)cc2)CC3)S(=O)(=O)N1. The number of phenols is 1. The number of anilines is 1. The minimum atomic E-state index is -4.23. The summed E-state index contributed by atoms with van der Waals surface area (Å²) < 4.78 is 54.8. The van der Waals surface area contributed by atoms with E-state index in [1.807, 2.05) is 0 Å². The second kappa shape index (κ2) is 7.84. The van der Waals surface area contributed by atoms with Crippen LogP contribution in [-0.4, -0.2) is 44.0 Å². The smallest absolute Gasteiger partial charge is 0.326 e. The third-order valence-electron chi connectivity index (χ3n) is 5.42. The first kappa shape index (κ1) is 20.5. The Balaban J connectivity index is 1.50. The first-order valence-corrected chi connectivity index (χ1v) is 11.0. The second-order valence-corrected chi connectivity index (χ2v) is 9.08. The Bertz CT molecular complexity index is 1090. The van der Waals surface area contributed by atoms with Gasteiger partial charge in [-0.25, -0.2) is 17.8 Å². The van der Waals surface area contributed by atoms with Gasteiger partial charge in [-0.05, 0) is 55.1 Å². The van der Waals surface area contributed by atoms with Gasteiger partial charge in [-0.2, -0.15) is 8.42 Å². The monoisotopic (exact) mass is 437 g/mol. The molecule has 0 aliphatic carbocycles. The summed E-state index contributed by atoms with van der Waals surface area (Å²) in [6, 6.07) is 7.69. The molecule has 2 aromatic rings. The van der Waals surface area contributed by atoms with Gasteiger partial charge in [0.25, 0.3) is 5.91 Å². The van der Waals surface area contributed by atoms with E-state index in [1.54, 1.807) is 16.9 Å². The Kier molecular flexibility index (Phi) is 5.37. The third-order valence-corrected chi connectivity index (χ3v) is 6.79. The van der Waals surface area contributed by atoms with Gasteiger partial charge < -0.3 is 5.11 Å². The third kappa shape index (κ3) is 3.97. The number of hydrogen-bond donors (Lipinski definition) is 2. The molecule has 2 N–H and O–H groups in total. The quantitative estimate of drug-likeness (QED) is 0.745. The summed E-state index contributed by atoms with van der Waals surface area (Å²) in [5.41, 5.74) is 1.47. The van der Waals surface area contributed by atoms with Crippen molar-refractivity contribution in [3.05, 3.63) is 58.7 Å². The molecule has 160 valence electrons. The lowest BCUT2D eigenvalue weighted by Crippen LogP contribution is -2.34. The van der Waals surface area contributed by atoms with Gasteiger partial charge in [0.1, 0.15) is 23.8 Å². The number of nitrogens with zero attached hydrogens (tertiary/aromatic N) is 2. The summed E-state index contributed by atoms with van der Waals surface area (Å²) in [5.74, 6) is -2.39. The van der Waals surface area contributed by atoms with E-state index >= 15 is 4.39 Å². The van der Waals surface area contributed by atoms with Gasteiger partial charge in [-0.3, -0.25) is 9.69 Å². The maximum atomic E-state index is 15.3. The molecule has 2 aliphatic heterocycles. The molecule has 1 saturated heterocycles. The van der Waals surface area contributed by atoms with E-state index in [4.69, 9.17) is 0 Å². The van der Waals surface area contributed by atoms with Gasteiger partial charge in [-0.15, -0.1) is 0 Å². The molecule has 0 atom stereocenters. The fourth-order valence-electron chi connectivity index (χ4n) is 3.92. The van der Waals surface area contributed by atoms with Crippen LogP contribution in [0.15, 0.2) is 30.3 Å². The van der Waals surface area contributed by atoms with Crippen molar-refractivity contribution in [3.63, 3.8) is 0 Å². The minimum absolute atomic E-state index is 0.271. The molecular weight excluding hydrogens is 416 g/mol. The zero-order valence-corrected chi connectivity index (χ0v) is 16.9. The van der Waals surface area contributed by atoms with E-state index in [-0.39, 0.29) is 12.4 Å². The van der Waals surface area contributed by atoms with E-state index in [0.29, 0.717) is 34.9 Å². The summed E-state index contributed by atoms with van der Waals surface area (Å²) >= 11 is 0. The van der Waals surface area contributed by atoms with Gasteiger partial charge in [-0.1, -0.05) is 12.1 Å². The highest BCUT2D eigenvalue weighted by atomic mass is 32.2. The Morgan fingerprint density at radius 3 is 2.53 bits per heavy atom. The Morgan fingerprint density at radius 1 is 1.13 bits per heavy atom. The maximum absolute atomic E-state index is 15.3. The average molecular weight is 437 g/mol. The summed E-state index contributed by atoms with van der Waals surface area (Å²) in [5, 5.41) is 10.3. The molecule has 0 saturated carbocycles. The molecule has 0 radical (unpaired) electrons. The number of carbonyl (C=O) groups excluding carboxylic acids is 1. The van der Waals surface area contributed by atoms with Crippen molar-refractivity contribution in [1.82, 2.24) is 9.62 Å². The minimum Gasteiger partial charge on any atom is -0.506 e. The molecule has 2 heterocycles. The van der Waals surface area contributed by atoms with Crippen molar-refractivity contribution < 1.29 is 27.1 Å². The van der Waals surface area contributed by atoms with Crippen LogP contribution in [-0.2, 0) is 34.4 Å². The van der Waals surface area contributed by atoms with E-state index < -0.39 is 39.9 Å². The maximum Gasteiger partial charge on any atom is 0.326 e. The highest BCUT2D eigenvalue weighted by molar-refractivity contribution is 7.92. The molecule has 0 bridgehead atoms. The molecule has 2 aromatic carbocycles. The number of halogens is 2.